The summed E-state index contributed by atoms with van der Waals surface area (Å²) in [5, 5.41) is 0. The number of hydrazine groups is 1. The highest BCUT2D eigenvalue weighted by molar-refractivity contribution is 14.1. The van der Waals surface area contributed by atoms with E-state index in [1.807, 2.05) is 12.1 Å². The average Bonchev–Trinajstić information content (AvgIpc) is 2.01. The Balaban J connectivity index is 2.39. The van der Waals surface area contributed by atoms with Crippen molar-refractivity contribution < 1.29 is 0 Å². The standard InChI is InChI=1S/C10H16IN3/c1-10(2,3)7-13-14-9-6-8(11)4-5-12-9/h4-6,13H,7H2,1-3H3,(H,12,14). The zero-order chi connectivity index (χ0) is 10.6. The third kappa shape index (κ3) is 4.76. The fourth-order valence-electron chi connectivity index (χ4n) is 0.873. The number of rotatable bonds is 3. The van der Waals surface area contributed by atoms with Crippen molar-refractivity contribution in [2.75, 3.05) is 12.0 Å². The second-order valence-corrected chi connectivity index (χ2v) is 5.64. The summed E-state index contributed by atoms with van der Waals surface area (Å²) in [7, 11) is 0. The van der Waals surface area contributed by atoms with Gasteiger partial charge >= 0.3 is 0 Å². The van der Waals surface area contributed by atoms with Crippen LogP contribution < -0.4 is 10.9 Å². The van der Waals surface area contributed by atoms with Crippen LogP contribution in [0.25, 0.3) is 0 Å². The lowest BCUT2D eigenvalue weighted by atomic mass is 9.97. The Labute approximate surface area is 98.8 Å². The molecule has 3 nitrogen and oxygen atoms in total. The molecule has 1 aromatic rings. The number of pyridine rings is 1. The molecule has 0 atom stereocenters. The molecule has 0 aliphatic carbocycles. The molecule has 0 spiro atoms. The molecule has 0 saturated carbocycles. The Bertz CT molecular complexity index is 294. The predicted octanol–water partition coefficient (Wildman–Crippen LogP) is 2.65. The molecule has 1 rings (SSSR count). The van der Waals surface area contributed by atoms with Crippen molar-refractivity contribution in [3.63, 3.8) is 0 Å². The minimum Gasteiger partial charge on any atom is -0.306 e. The van der Waals surface area contributed by atoms with Gasteiger partial charge in [-0.15, -0.1) is 0 Å². The van der Waals surface area contributed by atoms with Crippen LogP contribution in [0.15, 0.2) is 18.3 Å². The number of nitrogens with zero attached hydrogens (tertiary/aromatic N) is 1. The van der Waals surface area contributed by atoms with Crippen molar-refractivity contribution in [3.8, 4) is 0 Å². The lowest BCUT2D eigenvalue weighted by Gasteiger charge is -2.19. The molecule has 0 aliphatic heterocycles. The fourth-order valence-corrected chi connectivity index (χ4v) is 1.33. The Kier molecular flexibility index (Phi) is 4.12. The molecule has 2 N–H and O–H groups in total. The highest BCUT2D eigenvalue weighted by Crippen LogP contribution is 2.11. The van der Waals surface area contributed by atoms with Crippen LogP contribution in [0, 0.1) is 8.99 Å². The van der Waals surface area contributed by atoms with Crippen molar-refractivity contribution in [2.45, 2.75) is 20.8 Å². The molecule has 0 aliphatic rings. The molecule has 14 heavy (non-hydrogen) atoms. The molecule has 0 bridgehead atoms. The van der Waals surface area contributed by atoms with E-state index in [1.165, 1.54) is 3.57 Å². The summed E-state index contributed by atoms with van der Waals surface area (Å²) in [6.07, 6.45) is 1.79. The van der Waals surface area contributed by atoms with Crippen LogP contribution in [0.1, 0.15) is 20.8 Å². The van der Waals surface area contributed by atoms with Crippen LogP contribution in [0.2, 0.25) is 0 Å². The second kappa shape index (κ2) is 4.93. The van der Waals surface area contributed by atoms with Crippen molar-refractivity contribution in [1.29, 1.82) is 0 Å². The van der Waals surface area contributed by atoms with Gasteiger partial charge in [-0.1, -0.05) is 20.8 Å². The third-order valence-corrected chi connectivity index (χ3v) is 2.23. The van der Waals surface area contributed by atoms with Gasteiger partial charge in [-0.05, 0) is 40.1 Å². The molecule has 78 valence electrons. The number of hydrogen-bond donors (Lipinski definition) is 2. The van der Waals surface area contributed by atoms with E-state index in [9.17, 15) is 0 Å². The molecular weight excluding hydrogens is 289 g/mol. The Hall–Kier alpha value is -0.360. The Morgan fingerprint density at radius 1 is 1.43 bits per heavy atom. The molecule has 0 amide bonds. The molecule has 0 saturated heterocycles. The van der Waals surface area contributed by atoms with Crippen LogP contribution in [-0.2, 0) is 0 Å². The van der Waals surface area contributed by atoms with E-state index in [-0.39, 0.29) is 5.41 Å². The highest BCUT2D eigenvalue weighted by Gasteiger charge is 2.08. The van der Waals surface area contributed by atoms with Gasteiger partial charge in [-0.2, -0.15) is 0 Å². The highest BCUT2D eigenvalue weighted by atomic mass is 127. The topological polar surface area (TPSA) is 37.0 Å². The van der Waals surface area contributed by atoms with Crippen molar-refractivity contribution >= 4 is 28.4 Å². The second-order valence-electron chi connectivity index (χ2n) is 4.40. The van der Waals surface area contributed by atoms with Gasteiger partial charge in [0.1, 0.15) is 5.82 Å². The van der Waals surface area contributed by atoms with E-state index in [0.717, 1.165) is 12.4 Å². The Morgan fingerprint density at radius 2 is 2.14 bits per heavy atom. The fraction of sp³-hybridized carbons (Fsp3) is 0.500. The lowest BCUT2D eigenvalue weighted by Crippen LogP contribution is -2.31. The minimum atomic E-state index is 0.273. The van der Waals surface area contributed by atoms with Gasteiger partial charge in [0.2, 0.25) is 0 Å². The van der Waals surface area contributed by atoms with Crippen LogP contribution in [0.3, 0.4) is 0 Å². The Morgan fingerprint density at radius 3 is 2.71 bits per heavy atom. The van der Waals surface area contributed by atoms with Gasteiger partial charge in [0, 0.05) is 16.3 Å². The molecule has 0 unspecified atom stereocenters. The first-order valence-electron chi connectivity index (χ1n) is 4.58. The van der Waals surface area contributed by atoms with Gasteiger partial charge in [0.25, 0.3) is 0 Å². The summed E-state index contributed by atoms with van der Waals surface area (Å²) in [5.41, 5.74) is 6.50. The average molecular weight is 305 g/mol. The predicted molar refractivity (Wildman–Crippen MR) is 68.0 cm³/mol. The summed E-state index contributed by atoms with van der Waals surface area (Å²) >= 11 is 2.27. The molecule has 4 heteroatoms. The van der Waals surface area contributed by atoms with E-state index < -0.39 is 0 Å². The van der Waals surface area contributed by atoms with E-state index in [4.69, 9.17) is 0 Å². The molecule has 0 fully saturated rings. The third-order valence-electron chi connectivity index (χ3n) is 1.56. The molecular formula is C10H16IN3. The van der Waals surface area contributed by atoms with Gasteiger partial charge < -0.3 is 5.43 Å². The van der Waals surface area contributed by atoms with Crippen molar-refractivity contribution in [3.05, 3.63) is 21.9 Å². The van der Waals surface area contributed by atoms with Crippen LogP contribution in [-0.4, -0.2) is 11.5 Å². The number of hydrogen-bond acceptors (Lipinski definition) is 3. The smallest absolute Gasteiger partial charge is 0.141 e. The number of nitrogens with one attached hydrogen (secondary N) is 2. The maximum Gasteiger partial charge on any atom is 0.141 e. The minimum absolute atomic E-state index is 0.273. The van der Waals surface area contributed by atoms with Crippen molar-refractivity contribution in [1.82, 2.24) is 10.4 Å². The van der Waals surface area contributed by atoms with E-state index in [1.54, 1.807) is 6.20 Å². The molecule has 0 radical (unpaired) electrons. The maximum absolute atomic E-state index is 4.18. The summed E-state index contributed by atoms with van der Waals surface area (Å²) in [5.74, 6) is 0.862. The number of aromatic nitrogens is 1. The van der Waals surface area contributed by atoms with Gasteiger partial charge in [0.15, 0.2) is 0 Å². The molecule has 0 aromatic carbocycles. The lowest BCUT2D eigenvalue weighted by molar-refractivity contribution is 0.394. The summed E-state index contributed by atoms with van der Waals surface area (Å²) in [6.45, 7) is 7.46. The molecule has 1 aromatic heterocycles. The number of halogens is 1. The SMILES string of the molecule is CC(C)(C)CNNc1cc(I)ccn1. The first kappa shape index (κ1) is 11.7. The van der Waals surface area contributed by atoms with E-state index in [2.05, 4.69) is 59.2 Å². The van der Waals surface area contributed by atoms with E-state index in [0.29, 0.717) is 0 Å². The zero-order valence-corrected chi connectivity index (χ0v) is 10.9. The summed E-state index contributed by atoms with van der Waals surface area (Å²) in [4.78, 5) is 4.18. The normalized spacial score (nSPS) is 11.4. The molecule has 1 heterocycles. The van der Waals surface area contributed by atoms with Crippen LogP contribution in [0.4, 0.5) is 5.82 Å². The zero-order valence-electron chi connectivity index (χ0n) is 8.76. The van der Waals surface area contributed by atoms with Gasteiger partial charge in [0.05, 0.1) is 0 Å². The quantitative estimate of drug-likeness (QED) is 0.666. The summed E-state index contributed by atoms with van der Waals surface area (Å²) in [6, 6.07) is 3.96. The van der Waals surface area contributed by atoms with Crippen LogP contribution >= 0.6 is 22.6 Å². The van der Waals surface area contributed by atoms with Crippen molar-refractivity contribution in [2.24, 2.45) is 5.41 Å². The first-order valence-corrected chi connectivity index (χ1v) is 5.66. The maximum atomic E-state index is 4.18. The van der Waals surface area contributed by atoms with Gasteiger partial charge in [-0.25, -0.2) is 10.4 Å². The number of anilines is 1. The van der Waals surface area contributed by atoms with Gasteiger partial charge in [-0.3, -0.25) is 0 Å². The first-order chi connectivity index (χ1) is 6.47. The largest absolute Gasteiger partial charge is 0.306 e. The summed E-state index contributed by atoms with van der Waals surface area (Å²) < 4.78 is 1.18. The van der Waals surface area contributed by atoms with Crippen LogP contribution in [0.5, 0.6) is 0 Å². The monoisotopic (exact) mass is 305 g/mol. The van der Waals surface area contributed by atoms with E-state index >= 15 is 0 Å².